The summed E-state index contributed by atoms with van der Waals surface area (Å²) in [7, 11) is 1.92. The Morgan fingerprint density at radius 2 is 1.95 bits per heavy atom. The van der Waals surface area contributed by atoms with Crippen molar-refractivity contribution in [1.82, 2.24) is 4.90 Å². The Kier molecular flexibility index (Phi) is 5.79. The van der Waals surface area contributed by atoms with Crippen LogP contribution in [-0.2, 0) is 17.8 Å². The molecule has 0 aliphatic carbocycles. The molecule has 0 atom stereocenters. The standard InChI is InChI=1S/C16H19ClN2OS/c1-3-12-4-6-13(7-5-12)18-16(20)11-19(2)10-14-8-9-15(17)21-14/h4-9H,3,10-11H2,1-2H3,(H,18,20). The third-order valence-corrected chi connectivity index (χ3v) is 4.33. The highest BCUT2D eigenvalue weighted by molar-refractivity contribution is 7.16. The first kappa shape index (κ1) is 16.0. The number of likely N-dealkylation sites (N-methyl/N-ethyl adjacent to an activating group) is 1. The quantitative estimate of drug-likeness (QED) is 0.870. The maximum Gasteiger partial charge on any atom is 0.238 e. The lowest BCUT2D eigenvalue weighted by molar-refractivity contribution is -0.117. The molecule has 2 rings (SSSR count). The molecule has 0 aliphatic rings. The van der Waals surface area contributed by atoms with Crippen LogP contribution in [0.3, 0.4) is 0 Å². The topological polar surface area (TPSA) is 32.3 Å². The van der Waals surface area contributed by atoms with Crippen molar-refractivity contribution in [1.29, 1.82) is 0 Å². The molecule has 112 valence electrons. The van der Waals surface area contributed by atoms with E-state index in [1.54, 1.807) is 11.3 Å². The van der Waals surface area contributed by atoms with E-state index in [1.165, 1.54) is 5.56 Å². The molecule has 3 nitrogen and oxygen atoms in total. The van der Waals surface area contributed by atoms with Crippen LogP contribution in [0.5, 0.6) is 0 Å². The second kappa shape index (κ2) is 7.59. The number of thiophene rings is 1. The van der Waals surface area contributed by atoms with E-state index in [-0.39, 0.29) is 5.91 Å². The molecule has 0 fully saturated rings. The monoisotopic (exact) mass is 322 g/mol. The van der Waals surface area contributed by atoms with Crippen LogP contribution >= 0.6 is 22.9 Å². The molecule has 1 aromatic carbocycles. The van der Waals surface area contributed by atoms with Gasteiger partial charge in [-0.1, -0.05) is 30.7 Å². The van der Waals surface area contributed by atoms with Gasteiger partial charge in [-0.25, -0.2) is 0 Å². The molecular formula is C16H19ClN2OS. The number of rotatable bonds is 6. The first-order valence-corrected chi connectivity index (χ1v) is 8.08. The largest absolute Gasteiger partial charge is 0.325 e. The summed E-state index contributed by atoms with van der Waals surface area (Å²) in [5.41, 5.74) is 2.10. The maximum atomic E-state index is 12.0. The number of benzene rings is 1. The zero-order chi connectivity index (χ0) is 15.2. The number of carbonyl (C=O) groups is 1. The molecule has 1 amide bonds. The van der Waals surface area contributed by atoms with Crippen LogP contribution in [0.2, 0.25) is 4.34 Å². The van der Waals surface area contributed by atoms with Gasteiger partial charge in [0.15, 0.2) is 0 Å². The van der Waals surface area contributed by atoms with Crippen LogP contribution in [0.25, 0.3) is 0 Å². The highest BCUT2D eigenvalue weighted by Crippen LogP contribution is 2.22. The lowest BCUT2D eigenvalue weighted by Gasteiger charge is -2.15. The normalized spacial score (nSPS) is 10.9. The fourth-order valence-electron chi connectivity index (χ4n) is 2.03. The van der Waals surface area contributed by atoms with Crippen molar-refractivity contribution in [2.45, 2.75) is 19.9 Å². The van der Waals surface area contributed by atoms with Crippen molar-refractivity contribution in [3.05, 3.63) is 51.2 Å². The number of nitrogens with one attached hydrogen (secondary N) is 1. The predicted octanol–water partition coefficient (Wildman–Crippen LogP) is 4.03. The van der Waals surface area contributed by atoms with Crippen LogP contribution in [-0.4, -0.2) is 24.4 Å². The molecule has 0 saturated carbocycles. The summed E-state index contributed by atoms with van der Waals surface area (Å²) < 4.78 is 0.777. The molecule has 0 unspecified atom stereocenters. The highest BCUT2D eigenvalue weighted by Gasteiger charge is 2.08. The van der Waals surface area contributed by atoms with Crippen molar-refractivity contribution in [3.63, 3.8) is 0 Å². The van der Waals surface area contributed by atoms with Gasteiger partial charge >= 0.3 is 0 Å². The SMILES string of the molecule is CCc1ccc(NC(=O)CN(C)Cc2ccc(Cl)s2)cc1. The molecule has 0 spiro atoms. The molecule has 0 saturated heterocycles. The van der Waals surface area contributed by atoms with E-state index in [0.29, 0.717) is 6.54 Å². The molecule has 1 aromatic heterocycles. The first-order chi connectivity index (χ1) is 10.1. The van der Waals surface area contributed by atoms with Crippen molar-refractivity contribution < 1.29 is 4.79 Å². The van der Waals surface area contributed by atoms with E-state index in [4.69, 9.17) is 11.6 Å². The van der Waals surface area contributed by atoms with Crippen LogP contribution < -0.4 is 5.32 Å². The number of aryl methyl sites for hydroxylation is 1. The summed E-state index contributed by atoms with van der Waals surface area (Å²) >= 11 is 7.45. The Morgan fingerprint density at radius 1 is 1.24 bits per heavy atom. The Labute approximate surface area is 134 Å². The average Bonchev–Trinajstić information content (AvgIpc) is 2.84. The van der Waals surface area contributed by atoms with Gasteiger partial charge in [-0.2, -0.15) is 0 Å². The summed E-state index contributed by atoms with van der Waals surface area (Å²) in [4.78, 5) is 15.1. The minimum atomic E-state index is -0.00981. The number of nitrogens with zero attached hydrogens (tertiary/aromatic N) is 1. The molecule has 0 aliphatic heterocycles. The molecule has 2 aromatic rings. The Balaban J connectivity index is 1.82. The van der Waals surface area contributed by atoms with Gasteiger partial charge in [-0.3, -0.25) is 9.69 Å². The summed E-state index contributed by atoms with van der Waals surface area (Å²) in [5, 5.41) is 2.91. The second-order valence-electron chi connectivity index (χ2n) is 4.98. The van der Waals surface area contributed by atoms with Gasteiger partial charge in [-0.05, 0) is 43.3 Å². The minimum absolute atomic E-state index is 0.00981. The number of halogens is 1. The van der Waals surface area contributed by atoms with Crippen molar-refractivity contribution >= 4 is 34.5 Å². The maximum absolute atomic E-state index is 12.0. The third kappa shape index (κ3) is 5.16. The molecule has 5 heteroatoms. The van der Waals surface area contributed by atoms with Crippen LogP contribution in [0.15, 0.2) is 36.4 Å². The fourth-order valence-corrected chi connectivity index (χ4v) is 3.20. The van der Waals surface area contributed by atoms with Crippen molar-refractivity contribution in [2.75, 3.05) is 18.9 Å². The highest BCUT2D eigenvalue weighted by atomic mass is 35.5. The second-order valence-corrected chi connectivity index (χ2v) is 6.78. The average molecular weight is 323 g/mol. The van der Waals surface area contributed by atoms with Crippen LogP contribution in [0.1, 0.15) is 17.4 Å². The van der Waals surface area contributed by atoms with Gasteiger partial charge in [0, 0.05) is 17.1 Å². The molecular weight excluding hydrogens is 304 g/mol. The number of anilines is 1. The zero-order valence-corrected chi connectivity index (χ0v) is 13.8. The number of hydrogen-bond donors (Lipinski definition) is 1. The van der Waals surface area contributed by atoms with Gasteiger partial charge in [0.2, 0.25) is 5.91 Å². The van der Waals surface area contributed by atoms with E-state index >= 15 is 0 Å². The summed E-state index contributed by atoms with van der Waals surface area (Å²) in [5.74, 6) is -0.00981. The van der Waals surface area contributed by atoms with E-state index in [0.717, 1.165) is 27.9 Å². The van der Waals surface area contributed by atoms with Crippen LogP contribution in [0.4, 0.5) is 5.69 Å². The third-order valence-electron chi connectivity index (χ3n) is 3.11. The Bertz CT molecular complexity index is 595. The molecule has 1 N–H and O–H groups in total. The van der Waals surface area contributed by atoms with Gasteiger partial charge in [0.25, 0.3) is 0 Å². The number of carbonyl (C=O) groups excluding carboxylic acids is 1. The van der Waals surface area contributed by atoms with Gasteiger partial charge in [0.1, 0.15) is 0 Å². The molecule has 0 bridgehead atoms. The van der Waals surface area contributed by atoms with Gasteiger partial charge < -0.3 is 5.32 Å². The minimum Gasteiger partial charge on any atom is -0.325 e. The zero-order valence-electron chi connectivity index (χ0n) is 12.2. The van der Waals surface area contributed by atoms with Crippen molar-refractivity contribution in [2.24, 2.45) is 0 Å². The lowest BCUT2D eigenvalue weighted by atomic mass is 10.1. The molecule has 21 heavy (non-hydrogen) atoms. The summed E-state index contributed by atoms with van der Waals surface area (Å²) in [6.07, 6.45) is 1.00. The molecule has 0 radical (unpaired) electrons. The molecule has 1 heterocycles. The van der Waals surface area contributed by atoms with Gasteiger partial charge in [0.05, 0.1) is 10.9 Å². The van der Waals surface area contributed by atoms with E-state index in [9.17, 15) is 4.79 Å². The summed E-state index contributed by atoms with van der Waals surface area (Å²) in [6, 6.07) is 11.8. The summed E-state index contributed by atoms with van der Waals surface area (Å²) in [6.45, 7) is 3.18. The lowest BCUT2D eigenvalue weighted by Crippen LogP contribution is -2.29. The smallest absolute Gasteiger partial charge is 0.238 e. The Morgan fingerprint density at radius 3 is 2.52 bits per heavy atom. The Hall–Kier alpha value is -1.36. The number of hydrogen-bond acceptors (Lipinski definition) is 3. The van der Waals surface area contributed by atoms with Gasteiger partial charge in [-0.15, -0.1) is 11.3 Å². The number of amides is 1. The predicted molar refractivity (Wildman–Crippen MR) is 90.1 cm³/mol. The van der Waals surface area contributed by atoms with Crippen molar-refractivity contribution in [3.8, 4) is 0 Å². The van der Waals surface area contributed by atoms with Crippen LogP contribution in [0, 0.1) is 0 Å². The van der Waals surface area contributed by atoms with E-state index in [1.807, 2.05) is 48.3 Å². The fraction of sp³-hybridized carbons (Fsp3) is 0.312. The van der Waals surface area contributed by atoms with E-state index < -0.39 is 0 Å². The first-order valence-electron chi connectivity index (χ1n) is 6.88. The van der Waals surface area contributed by atoms with E-state index in [2.05, 4.69) is 12.2 Å².